The number of halogens is 1. The Labute approximate surface area is 74.8 Å². The average molecular weight is 210 g/mol. The zero-order chi connectivity index (χ0) is 8.43. The van der Waals surface area contributed by atoms with Gasteiger partial charge in [0.2, 0.25) is 0 Å². The fraction of sp³-hybridized carbons (Fsp3) is 0.222. The van der Waals surface area contributed by atoms with Crippen LogP contribution in [0.25, 0.3) is 0 Å². The Morgan fingerprint density at radius 2 is 2.00 bits per heavy atom. The van der Waals surface area contributed by atoms with E-state index in [-0.39, 0.29) is 0 Å². The van der Waals surface area contributed by atoms with E-state index < -0.39 is 0 Å². The van der Waals surface area contributed by atoms with Crippen molar-refractivity contribution in [2.75, 3.05) is 0 Å². The Hall–Kier alpha value is -0.810. The number of nitriles is 1. The highest BCUT2D eigenvalue weighted by Gasteiger charge is 2.02. The summed E-state index contributed by atoms with van der Waals surface area (Å²) in [5.41, 5.74) is 2.93. The predicted molar refractivity (Wildman–Crippen MR) is 48.3 cm³/mol. The van der Waals surface area contributed by atoms with Gasteiger partial charge >= 0.3 is 0 Å². The van der Waals surface area contributed by atoms with Crippen molar-refractivity contribution in [3.05, 3.63) is 33.3 Å². The van der Waals surface area contributed by atoms with Crippen LogP contribution in [0.5, 0.6) is 0 Å². The first-order chi connectivity index (χ1) is 5.15. The lowest BCUT2D eigenvalue weighted by Crippen LogP contribution is -1.85. The van der Waals surface area contributed by atoms with E-state index in [9.17, 15) is 0 Å². The fourth-order valence-electron chi connectivity index (χ4n) is 1.06. The zero-order valence-electron chi connectivity index (χ0n) is 6.48. The van der Waals surface area contributed by atoms with Gasteiger partial charge in [-0.1, -0.05) is 6.07 Å². The molecule has 1 aromatic rings. The first-order valence-electron chi connectivity index (χ1n) is 3.32. The van der Waals surface area contributed by atoms with Gasteiger partial charge in [0.1, 0.15) is 6.07 Å². The fourth-order valence-corrected chi connectivity index (χ4v) is 1.82. The molecule has 0 radical (unpaired) electrons. The SMILES string of the molecule is Cc1cc(C)c(C#N)c(Br)c1. The minimum Gasteiger partial charge on any atom is -0.192 e. The van der Waals surface area contributed by atoms with Gasteiger partial charge in [-0.25, -0.2) is 0 Å². The molecular weight excluding hydrogens is 202 g/mol. The third kappa shape index (κ3) is 1.61. The number of hydrogen-bond donors (Lipinski definition) is 0. The van der Waals surface area contributed by atoms with Crippen LogP contribution in [0.4, 0.5) is 0 Å². The van der Waals surface area contributed by atoms with Crippen molar-refractivity contribution in [1.82, 2.24) is 0 Å². The highest BCUT2D eigenvalue weighted by atomic mass is 79.9. The standard InChI is InChI=1S/C9H8BrN/c1-6-3-7(2)8(5-11)9(10)4-6/h3-4H,1-2H3. The lowest BCUT2D eigenvalue weighted by atomic mass is 10.1. The topological polar surface area (TPSA) is 23.8 Å². The summed E-state index contributed by atoms with van der Waals surface area (Å²) in [5, 5.41) is 8.71. The van der Waals surface area contributed by atoms with Crippen LogP contribution in [0.1, 0.15) is 16.7 Å². The molecule has 0 unspecified atom stereocenters. The van der Waals surface area contributed by atoms with Crippen LogP contribution in [-0.4, -0.2) is 0 Å². The smallest absolute Gasteiger partial charge is 0.101 e. The molecule has 0 aliphatic rings. The number of rotatable bonds is 0. The quantitative estimate of drug-likeness (QED) is 0.645. The molecule has 0 aliphatic heterocycles. The monoisotopic (exact) mass is 209 g/mol. The maximum atomic E-state index is 8.71. The zero-order valence-corrected chi connectivity index (χ0v) is 8.07. The Balaban J connectivity index is 3.40. The molecule has 0 bridgehead atoms. The summed E-state index contributed by atoms with van der Waals surface area (Å²) in [6.07, 6.45) is 0. The van der Waals surface area contributed by atoms with E-state index in [0.717, 1.165) is 15.6 Å². The predicted octanol–water partition coefficient (Wildman–Crippen LogP) is 2.94. The van der Waals surface area contributed by atoms with Crippen molar-refractivity contribution >= 4 is 15.9 Å². The normalized spacial score (nSPS) is 9.27. The minimum absolute atomic E-state index is 0.732. The second-order valence-corrected chi connectivity index (χ2v) is 3.40. The molecule has 11 heavy (non-hydrogen) atoms. The van der Waals surface area contributed by atoms with E-state index in [1.165, 1.54) is 5.56 Å². The van der Waals surface area contributed by atoms with Gasteiger partial charge in [-0.15, -0.1) is 0 Å². The van der Waals surface area contributed by atoms with E-state index in [1.54, 1.807) is 0 Å². The molecule has 0 saturated heterocycles. The molecular formula is C9H8BrN. The van der Waals surface area contributed by atoms with Crippen LogP contribution in [-0.2, 0) is 0 Å². The van der Waals surface area contributed by atoms with E-state index in [0.29, 0.717) is 0 Å². The van der Waals surface area contributed by atoms with Crippen molar-refractivity contribution in [2.24, 2.45) is 0 Å². The summed E-state index contributed by atoms with van der Waals surface area (Å²) in [6, 6.07) is 6.10. The first-order valence-corrected chi connectivity index (χ1v) is 4.11. The van der Waals surface area contributed by atoms with E-state index in [2.05, 4.69) is 22.0 Å². The number of aryl methyl sites for hydroxylation is 2. The summed E-state index contributed by atoms with van der Waals surface area (Å²) >= 11 is 3.34. The number of hydrogen-bond acceptors (Lipinski definition) is 1. The molecule has 0 amide bonds. The number of nitrogens with zero attached hydrogens (tertiary/aromatic N) is 1. The lowest BCUT2D eigenvalue weighted by molar-refractivity contribution is 1.32. The van der Waals surface area contributed by atoms with Crippen molar-refractivity contribution < 1.29 is 0 Å². The van der Waals surface area contributed by atoms with Crippen LogP contribution >= 0.6 is 15.9 Å². The van der Waals surface area contributed by atoms with Crippen molar-refractivity contribution in [1.29, 1.82) is 5.26 Å². The summed E-state index contributed by atoms with van der Waals surface area (Å²) in [6.45, 7) is 3.95. The average Bonchev–Trinajstić information content (AvgIpc) is 1.85. The van der Waals surface area contributed by atoms with Crippen LogP contribution in [0.3, 0.4) is 0 Å². The summed E-state index contributed by atoms with van der Waals surface area (Å²) in [7, 11) is 0. The molecule has 56 valence electrons. The molecule has 0 heterocycles. The van der Waals surface area contributed by atoms with Gasteiger partial charge in [-0.2, -0.15) is 5.26 Å². The molecule has 0 saturated carbocycles. The molecule has 0 aromatic heterocycles. The van der Waals surface area contributed by atoms with Gasteiger partial charge in [-0.3, -0.25) is 0 Å². The first kappa shape index (κ1) is 8.29. The Bertz CT molecular complexity index is 300. The highest BCUT2D eigenvalue weighted by Crippen LogP contribution is 2.20. The third-order valence-corrected chi connectivity index (χ3v) is 2.17. The Morgan fingerprint density at radius 1 is 1.36 bits per heavy atom. The van der Waals surface area contributed by atoms with Gasteiger partial charge in [0.25, 0.3) is 0 Å². The second-order valence-electron chi connectivity index (χ2n) is 2.55. The van der Waals surface area contributed by atoms with Gasteiger partial charge in [-0.05, 0) is 47.0 Å². The summed E-state index contributed by atoms with van der Waals surface area (Å²) < 4.78 is 0.887. The molecule has 1 nitrogen and oxygen atoms in total. The summed E-state index contributed by atoms with van der Waals surface area (Å²) in [5.74, 6) is 0. The van der Waals surface area contributed by atoms with Crippen LogP contribution in [0.15, 0.2) is 16.6 Å². The van der Waals surface area contributed by atoms with Crippen molar-refractivity contribution in [3.63, 3.8) is 0 Å². The van der Waals surface area contributed by atoms with Gasteiger partial charge in [0, 0.05) is 4.47 Å². The Kier molecular flexibility index (Phi) is 2.31. The lowest BCUT2D eigenvalue weighted by Gasteiger charge is -2.01. The Morgan fingerprint density at radius 3 is 2.45 bits per heavy atom. The van der Waals surface area contributed by atoms with Crippen molar-refractivity contribution in [3.8, 4) is 6.07 Å². The molecule has 0 N–H and O–H groups in total. The molecule has 0 aliphatic carbocycles. The molecule has 0 fully saturated rings. The molecule has 1 aromatic carbocycles. The van der Waals surface area contributed by atoms with Gasteiger partial charge in [0.15, 0.2) is 0 Å². The molecule has 0 atom stereocenters. The van der Waals surface area contributed by atoms with Gasteiger partial charge < -0.3 is 0 Å². The molecule has 0 spiro atoms. The maximum absolute atomic E-state index is 8.71. The van der Waals surface area contributed by atoms with E-state index in [1.807, 2.05) is 26.0 Å². The second kappa shape index (κ2) is 3.06. The number of benzene rings is 1. The van der Waals surface area contributed by atoms with Crippen LogP contribution < -0.4 is 0 Å². The highest BCUT2D eigenvalue weighted by molar-refractivity contribution is 9.10. The minimum atomic E-state index is 0.732. The van der Waals surface area contributed by atoms with Crippen molar-refractivity contribution in [2.45, 2.75) is 13.8 Å². The maximum Gasteiger partial charge on any atom is 0.101 e. The largest absolute Gasteiger partial charge is 0.192 e. The molecule has 2 heteroatoms. The summed E-state index contributed by atoms with van der Waals surface area (Å²) in [4.78, 5) is 0. The van der Waals surface area contributed by atoms with Crippen LogP contribution in [0.2, 0.25) is 0 Å². The van der Waals surface area contributed by atoms with Gasteiger partial charge in [0.05, 0.1) is 5.56 Å². The van der Waals surface area contributed by atoms with Crippen LogP contribution in [0, 0.1) is 25.2 Å². The third-order valence-electron chi connectivity index (χ3n) is 1.54. The van der Waals surface area contributed by atoms with E-state index in [4.69, 9.17) is 5.26 Å². The van der Waals surface area contributed by atoms with E-state index >= 15 is 0 Å². The molecule has 1 rings (SSSR count).